The first-order valence-electron chi connectivity index (χ1n) is 6.97. The highest BCUT2D eigenvalue weighted by atomic mass is 19.1. The summed E-state index contributed by atoms with van der Waals surface area (Å²) in [4.78, 5) is 0. The fourth-order valence-electron chi connectivity index (χ4n) is 2.13. The maximum absolute atomic E-state index is 13.1. The molecule has 1 unspecified atom stereocenters. The fourth-order valence-corrected chi connectivity index (χ4v) is 2.13. The van der Waals surface area contributed by atoms with Gasteiger partial charge in [-0.1, -0.05) is 42.5 Å². The van der Waals surface area contributed by atoms with Gasteiger partial charge in [0.15, 0.2) is 0 Å². The summed E-state index contributed by atoms with van der Waals surface area (Å²) in [6, 6.07) is 18.7. The zero-order chi connectivity index (χ0) is 15.3. The molecule has 0 aromatic heterocycles. The number of nitriles is 1. The van der Waals surface area contributed by atoms with Crippen molar-refractivity contribution in [3.8, 4) is 6.07 Å². The van der Waals surface area contributed by atoms with Gasteiger partial charge in [0.1, 0.15) is 5.82 Å². The maximum atomic E-state index is 13.1. The Morgan fingerprint density at radius 3 is 2.19 bits per heavy atom. The lowest BCUT2D eigenvalue weighted by atomic mass is 9.93. The molecule has 21 heavy (non-hydrogen) atoms. The molecule has 3 heteroatoms. The molecule has 0 saturated heterocycles. The van der Waals surface area contributed by atoms with Gasteiger partial charge in [0.05, 0.1) is 17.5 Å². The Bertz CT molecular complexity index is 612. The minimum Gasteiger partial charge on any atom is -0.305 e. The third-order valence-corrected chi connectivity index (χ3v) is 3.39. The topological polar surface area (TPSA) is 35.8 Å². The molecule has 1 N–H and O–H groups in total. The summed E-state index contributed by atoms with van der Waals surface area (Å²) in [5.74, 6) is -0.247. The quantitative estimate of drug-likeness (QED) is 0.898. The van der Waals surface area contributed by atoms with E-state index in [0.29, 0.717) is 6.54 Å². The van der Waals surface area contributed by atoms with Gasteiger partial charge < -0.3 is 5.32 Å². The Labute approximate surface area is 125 Å². The normalized spacial score (nSPS) is 12.7. The average molecular weight is 282 g/mol. The number of rotatable bonds is 5. The molecule has 1 atom stereocenters. The van der Waals surface area contributed by atoms with E-state index in [0.717, 1.165) is 11.1 Å². The van der Waals surface area contributed by atoms with Gasteiger partial charge in [0.2, 0.25) is 0 Å². The van der Waals surface area contributed by atoms with Gasteiger partial charge in [-0.2, -0.15) is 5.26 Å². The lowest BCUT2D eigenvalue weighted by molar-refractivity contribution is 0.424. The summed E-state index contributed by atoms with van der Waals surface area (Å²) in [6.45, 7) is 4.35. The molecule has 0 spiro atoms. The number of hydrogen-bond donors (Lipinski definition) is 1. The summed E-state index contributed by atoms with van der Waals surface area (Å²) in [5.41, 5.74) is 1.63. The van der Waals surface area contributed by atoms with Crippen LogP contribution in [0.2, 0.25) is 0 Å². The summed E-state index contributed by atoms with van der Waals surface area (Å²) >= 11 is 0. The lowest BCUT2D eigenvalue weighted by Crippen LogP contribution is -2.32. The maximum Gasteiger partial charge on any atom is 0.123 e. The molecule has 0 bridgehead atoms. The van der Waals surface area contributed by atoms with E-state index in [1.165, 1.54) is 12.1 Å². The monoisotopic (exact) mass is 282 g/mol. The second-order valence-corrected chi connectivity index (χ2v) is 5.77. The van der Waals surface area contributed by atoms with Crippen LogP contribution in [0.4, 0.5) is 4.39 Å². The van der Waals surface area contributed by atoms with Crippen molar-refractivity contribution in [3.63, 3.8) is 0 Å². The molecular weight excluding hydrogens is 263 g/mol. The predicted molar refractivity (Wildman–Crippen MR) is 82.1 cm³/mol. The minimum atomic E-state index is -0.451. The summed E-state index contributed by atoms with van der Waals surface area (Å²) in [5, 5.41) is 12.6. The number of benzene rings is 2. The van der Waals surface area contributed by atoms with Crippen LogP contribution in [0, 0.1) is 22.6 Å². The van der Waals surface area contributed by atoms with Crippen LogP contribution in [-0.4, -0.2) is 6.54 Å². The van der Waals surface area contributed by atoms with Crippen molar-refractivity contribution < 1.29 is 4.39 Å². The summed E-state index contributed by atoms with van der Waals surface area (Å²) < 4.78 is 13.1. The first-order chi connectivity index (χ1) is 10.0. The molecule has 0 aliphatic heterocycles. The Kier molecular flexibility index (Phi) is 4.72. The molecule has 0 radical (unpaired) electrons. The van der Waals surface area contributed by atoms with Crippen LogP contribution in [0.25, 0.3) is 0 Å². The van der Waals surface area contributed by atoms with Crippen LogP contribution in [0.3, 0.4) is 0 Å². The summed E-state index contributed by atoms with van der Waals surface area (Å²) in [7, 11) is 0. The van der Waals surface area contributed by atoms with Gasteiger partial charge in [-0.25, -0.2) is 4.39 Å². The first kappa shape index (κ1) is 15.2. The predicted octanol–water partition coefficient (Wildman–Crippen LogP) is 4.05. The molecule has 0 aliphatic carbocycles. The van der Waals surface area contributed by atoms with E-state index in [1.54, 1.807) is 12.1 Å². The molecule has 0 saturated carbocycles. The molecule has 0 amide bonds. The van der Waals surface area contributed by atoms with E-state index < -0.39 is 5.41 Å². The van der Waals surface area contributed by atoms with Crippen LogP contribution in [0.5, 0.6) is 0 Å². The van der Waals surface area contributed by atoms with Crippen LogP contribution in [0.15, 0.2) is 54.6 Å². The van der Waals surface area contributed by atoms with Gasteiger partial charge in [-0.05, 0) is 37.1 Å². The molecule has 2 nitrogen and oxygen atoms in total. The van der Waals surface area contributed by atoms with E-state index in [2.05, 4.69) is 11.4 Å². The van der Waals surface area contributed by atoms with E-state index >= 15 is 0 Å². The molecule has 0 heterocycles. The van der Waals surface area contributed by atoms with E-state index in [4.69, 9.17) is 5.26 Å². The van der Waals surface area contributed by atoms with Crippen LogP contribution < -0.4 is 5.32 Å². The van der Waals surface area contributed by atoms with Crippen molar-refractivity contribution in [1.29, 1.82) is 5.26 Å². The molecule has 2 aromatic rings. The molecule has 2 rings (SSSR count). The average Bonchev–Trinajstić information content (AvgIpc) is 2.50. The van der Waals surface area contributed by atoms with Gasteiger partial charge in [-0.3, -0.25) is 0 Å². The molecule has 2 aromatic carbocycles. The molecule has 0 fully saturated rings. The second kappa shape index (κ2) is 6.51. The Morgan fingerprint density at radius 1 is 1.05 bits per heavy atom. The van der Waals surface area contributed by atoms with Crippen molar-refractivity contribution in [2.24, 2.45) is 5.41 Å². The smallest absolute Gasteiger partial charge is 0.123 e. The van der Waals surface area contributed by atoms with Crippen molar-refractivity contribution in [2.75, 3.05) is 6.54 Å². The molecular formula is C18H19FN2. The molecule has 0 aliphatic rings. The van der Waals surface area contributed by atoms with Gasteiger partial charge in [0, 0.05) is 6.54 Å². The lowest BCUT2D eigenvalue weighted by Gasteiger charge is -2.24. The SMILES string of the molecule is CC(C)(C#N)CNC(c1ccccc1)c1ccc(F)cc1. The Morgan fingerprint density at radius 2 is 1.62 bits per heavy atom. The third kappa shape index (κ3) is 4.14. The zero-order valence-corrected chi connectivity index (χ0v) is 12.3. The standard InChI is InChI=1S/C18H19FN2/c1-18(2,12-20)13-21-17(14-6-4-3-5-7-14)15-8-10-16(19)11-9-15/h3-11,17,21H,13H2,1-2H3. The second-order valence-electron chi connectivity index (χ2n) is 5.77. The van der Waals surface area contributed by atoms with Crippen molar-refractivity contribution >= 4 is 0 Å². The number of nitrogens with one attached hydrogen (secondary N) is 1. The summed E-state index contributed by atoms with van der Waals surface area (Å²) in [6.07, 6.45) is 0. The highest BCUT2D eigenvalue weighted by Gasteiger charge is 2.20. The van der Waals surface area contributed by atoms with Crippen LogP contribution in [0.1, 0.15) is 31.0 Å². The van der Waals surface area contributed by atoms with Crippen molar-refractivity contribution in [2.45, 2.75) is 19.9 Å². The van der Waals surface area contributed by atoms with E-state index in [-0.39, 0.29) is 11.9 Å². The largest absolute Gasteiger partial charge is 0.305 e. The Balaban J connectivity index is 2.27. The molecule has 108 valence electrons. The number of halogens is 1. The van der Waals surface area contributed by atoms with Crippen molar-refractivity contribution in [3.05, 3.63) is 71.5 Å². The van der Waals surface area contributed by atoms with E-state index in [1.807, 2.05) is 44.2 Å². The number of hydrogen-bond acceptors (Lipinski definition) is 2. The minimum absolute atomic E-state index is 0.0561. The van der Waals surface area contributed by atoms with Crippen LogP contribution >= 0.6 is 0 Å². The van der Waals surface area contributed by atoms with Gasteiger partial charge in [-0.15, -0.1) is 0 Å². The fraction of sp³-hybridized carbons (Fsp3) is 0.278. The van der Waals surface area contributed by atoms with Gasteiger partial charge >= 0.3 is 0 Å². The number of nitrogens with zero attached hydrogens (tertiary/aromatic N) is 1. The van der Waals surface area contributed by atoms with Crippen LogP contribution in [-0.2, 0) is 0 Å². The van der Waals surface area contributed by atoms with Crippen molar-refractivity contribution in [1.82, 2.24) is 5.32 Å². The highest BCUT2D eigenvalue weighted by molar-refractivity contribution is 5.32. The zero-order valence-electron chi connectivity index (χ0n) is 12.3. The Hall–Kier alpha value is -2.18. The first-order valence-corrected chi connectivity index (χ1v) is 6.97. The van der Waals surface area contributed by atoms with E-state index in [9.17, 15) is 4.39 Å². The third-order valence-electron chi connectivity index (χ3n) is 3.39. The highest BCUT2D eigenvalue weighted by Crippen LogP contribution is 2.24. The van der Waals surface area contributed by atoms with Gasteiger partial charge in [0.25, 0.3) is 0 Å².